The summed E-state index contributed by atoms with van der Waals surface area (Å²) in [6.07, 6.45) is 5.23. The van der Waals surface area contributed by atoms with E-state index in [0.717, 1.165) is 11.1 Å². The van der Waals surface area contributed by atoms with E-state index in [1.807, 2.05) is 19.1 Å². The fourth-order valence-electron chi connectivity index (χ4n) is 3.68. The molecule has 2 atom stereocenters. The maximum absolute atomic E-state index is 12.3. The molecule has 2 aliphatic carbocycles. The minimum atomic E-state index is -1.30. The minimum absolute atomic E-state index is 0.0254. The average Bonchev–Trinajstić information content (AvgIpc) is 2.83. The van der Waals surface area contributed by atoms with E-state index in [1.165, 1.54) is 14.2 Å². The van der Waals surface area contributed by atoms with Gasteiger partial charge in [-0.2, -0.15) is 0 Å². The molecule has 0 radical (unpaired) electrons. The lowest BCUT2D eigenvalue weighted by Gasteiger charge is -2.23. The predicted molar refractivity (Wildman–Crippen MR) is 79.8 cm³/mol. The molecule has 0 saturated heterocycles. The van der Waals surface area contributed by atoms with Crippen LogP contribution in [0.5, 0.6) is 0 Å². The number of ketones is 1. The van der Waals surface area contributed by atoms with Crippen LogP contribution in [0.4, 0.5) is 0 Å². The van der Waals surface area contributed by atoms with Crippen LogP contribution in [-0.4, -0.2) is 31.9 Å². The highest BCUT2D eigenvalue weighted by atomic mass is 16.5. The summed E-state index contributed by atoms with van der Waals surface area (Å²) < 4.78 is 9.71. The molecule has 0 aliphatic heterocycles. The van der Waals surface area contributed by atoms with E-state index in [-0.39, 0.29) is 24.0 Å². The lowest BCUT2D eigenvalue weighted by molar-refractivity contribution is -0.168. The fraction of sp³-hybridized carbons (Fsp3) is 0.588. The first-order chi connectivity index (χ1) is 10.4. The van der Waals surface area contributed by atoms with Gasteiger partial charge in [0.05, 0.1) is 14.2 Å². The number of allylic oxidation sites excluding steroid dienone is 4. The molecule has 0 bridgehead atoms. The number of hydrogen-bond donors (Lipinski definition) is 0. The number of carbonyl (C=O) groups excluding carboxylic acids is 3. The van der Waals surface area contributed by atoms with Crippen molar-refractivity contribution in [2.45, 2.75) is 33.1 Å². The second kappa shape index (κ2) is 6.07. The molecule has 5 nitrogen and oxygen atoms in total. The zero-order valence-corrected chi connectivity index (χ0v) is 13.5. The first-order valence-electron chi connectivity index (χ1n) is 7.41. The van der Waals surface area contributed by atoms with Gasteiger partial charge in [0, 0.05) is 5.92 Å². The van der Waals surface area contributed by atoms with Gasteiger partial charge in [-0.3, -0.25) is 14.4 Å². The Bertz CT molecular complexity index is 554. The van der Waals surface area contributed by atoms with Crippen LogP contribution in [0.25, 0.3) is 0 Å². The van der Waals surface area contributed by atoms with Crippen LogP contribution in [0.3, 0.4) is 0 Å². The van der Waals surface area contributed by atoms with Crippen LogP contribution in [0.2, 0.25) is 0 Å². The van der Waals surface area contributed by atoms with Crippen LogP contribution in [-0.2, 0) is 23.9 Å². The van der Waals surface area contributed by atoms with E-state index >= 15 is 0 Å². The Kier molecular flexibility index (Phi) is 4.54. The summed E-state index contributed by atoms with van der Waals surface area (Å²) in [4.78, 5) is 36.3. The van der Waals surface area contributed by atoms with Crippen molar-refractivity contribution >= 4 is 17.7 Å². The number of esters is 2. The van der Waals surface area contributed by atoms with Crippen molar-refractivity contribution in [2.24, 2.45) is 17.3 Å². The SMILES string of the molecule is COC(=O)C1(C(=O)OC)CC2=C(C)[C@H](C(C)=O)CC=C[C@@H]2C1. The Hall–Kier alpha value is -1.91. The van der Waals surface area contributed by atoms with E-state index in [4.69, 9.17) is 9.47 Å². The lowest BCUT2D eigenvalue weighted by Crippen LogP contribution is -2.39. The number of Topliss-reactive ketones (excluding diaryl/α,β-unsaturated/α-hetero) is 1. The summed E-state index contributed by atoms with van der Waals surface area (Å²) in [6, 6.07) is 0. The molecule has 5 heteroatoms. The quantitative estimate of drug-likeness (QED) is 0.454. The molecule has 22 heavy (non-hydrogen) atoms. The molecule has 0 heterocycles. The van der Waals surface area contributed by atoms with Gasteiger partial charge in [-0.05, 0) is 39.0 Å². The van der Waals surface area contributed by atoms with Gasteiger partial charge in [0.15, 0.2) is 5.41 Å². The fourth-order valence-corrected chi connectivity index (χ4v) is 3.68. The third-order valence-electron chi connectivity index (χ3n) is 4.92. The van der Waals surface area contributed by atoms with E-state index in [2.05, 4.69) is 0 Å². The Morgan fingerprint density at radius 1 is 1.18 bits per heavy atom. The van der Waals surface area contributed by atoms with Gasteiger partial charge in [0.1, 0.15) is 5.78 Å². The van der Waals surface area contributed by atoms with Gasteiger partial charge in [-0.25, -0.2) is 0 Å². The molecular weight excluding hydrogens is 284 g/mol. The summed E-state index contributed by atoms with van der Waals surface area (Å²) in [6.45, 7) is 3.50. The highest BCUT2D eigenvalue weighted by Crippen LogP contribution is 2.50. The lowest BCUT2D eigenvalue weighted by atomic mass is 9.83. The van der Waals surface area contributed by atoms with Crippen molar-refractivity contribution in [1.82, 2.24) is 0 Å². The molecule has 0 aromatic rings. The Balaban J connectivity index is 2.49. The molecule has 1 saturated carbocycles. The molecule has 120 valence electrons. The van der Waals surface area contributed by atoms with Gasteiger partial charge in [-0.1, -0.05) is 23.3 Å². The minimum Gasteiger partial charge on any atom is -0.468 e. The van der Waals surface area contributed by atoms with Crippen LogP contribution in [0.15, 0.2) is 23.3 Å². The number of methoxy groups -OCH3 is 2. The predicted octanol–water partition coefficient (Wildman–Crippen LogP) is 2.21. The number of ether oxygens (including phenoxy) is 2. The first-order valence-corrected chi connectivity index (χ1v) is 7.41. The molecule has 0 aromatic heterocycles. The first kappa shape index (κ1) is 16.5. The molecule has 2 aliphatic rings. The van der Waals surface area contributed by atoms with Crippen LogP contribution < -0.4 is 0 Å². The van der Waals surface area contributed by atoms with E-state index in [1.54, 1.807) is 6.92 Å². The summed E-state index contributed by atoms with van der Waals surface area (Å²) in [5.74, 6) is -1.24. The van der Waals surface area contributed by atoms with Crippen molar-refractivity contribution in [3.05, 3.63) is 23.3 Å². The van der Waals surface area contributed by atoms with Gasteiger partial charge in [0.25, 0.3) is 0 Å². The standard InChI is InChI=1S/C17H22O5/c1-10-13(11(2)18)7-5-6-12-8-17(9-14(10)12,15(19)21-3)16(20)22-4/h5-6,12-13H,7-9H2,1-4H3/t12-,13-/m1/s1. The van der Waals surface area contributed by atoms with Crippen LogP contribution in [0, 0.1) is 17.3 Å². The second-order valence-corrected chi connectivity index (χ2v) is 6.09. The van der Waals surface area contributed by atoms with E-state index < -0.39 is 17.4 Å². The summed E-state index contributed by atoms with van der Waals surface area (Å²) in [7, 11) is 2.55. The molecule has 0 spiro atoms. The largest absolute Gasteiger partial charge is 0.468 e. The van der Waals surface area contributed by atoms with Crippen molar-refractivity contribution < 1.29 is 23.9 Å². The van der Waals surface area contributed by atoms with Gasteiger partial charge < -0.3 is 9.47 Å². The van der Waals surface area contributed by atoms with Crippen LogP contribution in [0.1, 0.15) is 33.1 Å². The maximum Gasteiger partial charge on any atom is 0.323 e. The zero-order valence-electron chi connectivity index (χ0n) is 13.5. The molecule has 0 aromatic carbocycles. The van der Waals surface area contributed by atoms with E-state index in [0.29, 0.717) is 12.8 Å². The Morgan fingerprint density at radius 3 is 2.27 bits per heavy atom. The number of carbonyl (C=O) groups is 3. The monoisotopic (exact) mass is 306 g/mol. The molecule has 2 rings (SSSR count). The third kappa shape index (κ3) is 2.49. The van der Waals surface area contributed by atoms with Gasteiger partial charge in [-0.15, -0.1) is 0 Å². The molecule has 0 unspecified atom stereocenters. The van der Waals surface area contributed by atoms with Crippen molar-refractivity contribution in [3.63, 3.8) is 0 Å². The Labute approximate surface area is 130 Å². The van der Waals surface area contributed by atoms with Crippen molar-refractivity contribution in [2.75, 3.05) is 14.2 Å². The van der Waals surface area contributed by atoms with Crippen molar-refractivity contribution in [1.29, 1.82) is 0 Å². The summed E-state index contributed by atoms with van der Waals surface area (Å²) >= 11 is 0. The smallest absolute Gasteiger partial charge is 0.323 e. The van der Waals surface area contributed by atoms with Gasteiger partial charge >= 0.3 is 11.9 Å². The highest BCUT2D eigenvalue weighted by molar-refractivity contribution is 6.01. The molecule has 1 fully saturated rings. The highest BCUT2D eigenvalue weighted by Gasteiger charge is 2.55. The number of hydrogen-bond acceptors (Lipinski definition) is 5. The van der Waals surface area contributed by atoms with E-state index in [9.17, 15) is 14.4 Å². The second-order valence-electron chi connectivity index (χ2n) is 6.09. The maximum atomic E-state index is 12.3. The average molecular weight is 306 g/mol. The molecule has 0 amide bonds. The third-order valence-corrected chi connectivity index (χ3v) is 4.92. The normalized spacial score (nSPS) is 26.2. The summed E-state index contributed by atoms with van der Waals surface area (Å²) in [5.41, 5.74) is 0.662. The van der Waals surface area contributed by atoms with Crippen molar-refractivity contribution in [3.8, 4) is 0 Å². The Morgan fingerprint density at radius 2 is 1.77 bits per heavy atom. The summed E-state index contributed by atoms with van der Waals surface area (Å²) in [5, 5.41) is 0. The topological polar surface area (TPSA) is 69.7 Å². The molecule has 0 N–H and O–H groups in total. The zero-order chi connectivity index (χ0) is 16.5. The number of rotatable bonds is 3. The number of fused-ring (bicyclic) bond motifs is 1. The van der Waals surface area contributed by atoms with Gasteiger partial charge in [0.2, 0.25) is 0 Å². The molecular formula is C17H22O5. The van der Waals surface area contributed by atoms with Crippen LogP contribution >= 0.6 is 0 Å².